The Morgan fingerprint density at radius 3 is 3.00 bits per heavy atom. The molecule has 0 aliphatic rings. The van der Waals surface area contributed by atoms with Crippen LogP contribution in [0, 0.1) is 0 Å². The topological polar surface area (TPSA) is 81.8 Å². The number of amides is 2. The summed E-state index contributed by atoms with van der Waals surface area (Å²) in [6.07, 6.45) is 3.43. The Balaban J connectivity index is 1.89. The highest BCUT2D eigenvalue weighted by atomic mass is 16.2. The maximum absolute atomic E-state index is 11.8. The molecule has 0 saturated carbocycles. The molecule has 1 aromatic heterocycles. The van der Waals surface area contributed by atoms with Gasteiger partial charge in [0.1, 0.15) is 0 Å². The normalized spacial score (nSPS) is 11.9. The molecule has 0 bridgehead atoms. The van der Waals surface area contributed by atoms with Gasteiger partial charge >= 0.3 is 6.03 Å². The van der Waals surface area contributed by atoms with E-state index in [4.69, 9.17) is 0 Å². The quantitative estimate of drug-likeness (QED) is 0.658. The lowest BCUT2D eigenvalue weighted by Gasteiger charge is -2.14. The predicted octanol–water partition coefficient (Wildman–Crippen LogP) is 2.40. The van der Waals surface area contributed by atoms with Gasteiger partial charge in [-0.05, 0) is 31.2 Å². The number of carbonyl (C=O) groups is 1. The van der Waals surface area contributed by atoms with Crippen LogP contribution in [-0.4, -0.2) is 22.8 Å². The van der Waals surface area contributed by atoms with Gasteiger partial charge in [0, 0.05) is 30.0 Å². The summed E-state index contributed by atoms with van der Waals surface area (Å²) < 4.78 is 0. The molecule has 4 N–H and O–H groups in total. The molecule has 6 nitrogen and oxygen atoms in total. The fourth-order valence-electron chi connectivity index (χ4n) is 2.04. The molecule has 1 heterocycles. The van der Waals surface area contributed by atoms with Crippen molar-refractivity contribution in [1.82, 2.24) is 20.8 Å². The second-order valence-corrected chi connectivity index (χ2v) is 4.82. The molecule has 0 aliphatic heterocycles. The van der Waals surface area contributed by atoms with Gasteiger partial charge in [-0.15, -0.1) is 0 Å². The van der Waals surface area contributed by atoms with Crippen molar-refractivity contribution >= 4 is 11.7 Å². The van der Waals surface area contributed by atoms with E-state index < -0.39 is 0 Å². The van der Waals surface area contributed by atoms with E-state index in [1.807, 2.05) is 24.3 Å². The summed E-state index contributed by atoms with van der Waals surface area (Å²) in [5, 5.41) is 15.5. The Bertz CT molecular complexity index is 567. The van der Waals surface area contributed by atoms with Gasteiger partial charge in [0.15, 0.2) is 0 Å². The first kappa shape index (κ1) is 15.1. The molecule has 2 aromatic rings. The minimum absolute atomic E-state index is 0.232. The lowest BCUT2D eigenvalue weighted by atomic mass is 10.1. The van der Waals surface area contributed by atoms with Crippen molar-refractivity contribution in [1.29, 1.82) is 0 Å². The van der Waals surface area contributed by atoms with E-state index in [9.17, 15) is 4.79 Å². The highest BCUT2D eigenvalue weighted by molar-refractivity contribution is 5.89. The smallest absolute Gasteiger partial charge is 0.319 e. The van der Waals surface area contributed by atoms with Crippen molar-refractivity contribution < 1.29 is 4.79 Å². The number of nitrogens with zero attached hydrogens (tertiary/aromatic N) is 1. The SMILES string of the molecule is CCNC(C)c1cccc(NC(=O)NCc2cn[nH]c2)c1. The molecule has 1 unspecified atom stereocenters. The highest BCUT2D eigenvalue weighted by Crippen LogP contribution is 2.17. The lowest BCUT2D eigenvalue weighted by Crippen LogP contribution is -2.28. The standard InChI is InChI=1S/C15H21N5O/c1-3-16-11(2)13-5-4-6-14(7-13)20-15(21)17-8-12-9-18-19-10-12/h4-7,9-11,16H,3,8H2,1-2H3,(H,18,19)(H2,17,20,21). The molecule has 2 rings (SSSR count). The number of hydrogen-bond acceptors (Lipinski definition) is 3. The summed E-state index contributed by atoms with van der Waals surface area (Å²) in [6.45, 7) is 5.52. The number of benzene rings is 1. The van der Waals surface area contributed by atoms with Crippen LogP contribution >= 0.6 is 0 Å². The average molecular weight is 287 g/mol. The van der Waals surface area contributed by atoms with Crippen molar-refractivity contribution in [2.45, 2.75) is 26.4 Å². The number of hydrogen-bond donors (Lipinski definition) is 4. The minimum atomic E-state index is -0.232. The van der Waals surface area contributed by atoms with E-state index in [1.165, 1.54) is 0 Å². The van der Waals surface area contributed by atoms with E-state index >= 15 is 0 Å². The van der Waals surface area contributed by atoms with Crippen LogP contribution in [0.3, 0.4) is 0 Å². The Morgan fingerprint density at radius 2 is 2.29 bits per heavy atom. The zero-order valence-electron chi connectivity index (χ0n) is 12.3. The maximum atomic E-state index is 11.8. The molecule has 0 fully saturated rings. The largest absolute Gasteiger partial charge is 0.334 e. The van der Waals surface area contributed by atoms with Crippen LogP contribution in [0.5, 0.6) is 0 Å². The van der Waals surface area contributed by atoms with E-state index in [0.717, 1.165) is 23.4 Å². The molecule has 0 spiro atoms. The van der Waals surface area contributed by atoms with Crippen LogP contribution in [0.4, 0.5) is 10.5 Å². The third-order valence-corrected chi connectivity index (χ3v) is 3.16. The number of anilines is 1. The molecule has 112 valence electrons. The molecule has 21 heavy (non-hydrogen) atoms. The zero-order chi connectivity index (χ0) is 15.1. The Labute approximate surface area is 124 Å². The third kappa shape index (κ3) is 4.61. The van der Waals surface area contributed by atoms with Crippen LogP contribution in [0.15, 0.2) is 36.7 Å². The highest BCUT2D eigenvalue weighted by Gasteiger charge is 2.06. The van der Waals surface area contributed by atoms with Gasteiger partial charge in [-0.25, -0.2) is 4.79 Å². The minimum Gasteiger partial charge on any atom is -0.334 e. The van der Waals surface area contributed by atoms with E-state index in [2.05, 4.69) is 40.0 Å². The maximum Gasteiger partial charge on any atom is 0.319 e. The number of nitrogens with one attached hydrogen (secondary N) is 4. The zero-order valence-corrected chi connectivity index (χ0v) is 12.3. The Hall–Kier alpha value is -2.34. The number of aromatic nitrogens is 2. The molecule has 6 heteroatoms. The second-order valence-electron chi connectivity index (χ2n) is 4.82. The number of carbonyl (C=O) groups excluding carboxylic acids is 1. The summed E-state index contributed by atoms with van der Waals surface area (Å²) in [5.41, 5.74) is 2.85. The molecule has 0 saturated heterocycles. The Morgan fingerprint density at radius 1 is 1.43 bits per heavy atom. The van der Waals surface area contributed by atoms with Crippen LogP contribution in [0.1, 0.15) is 31.0 Å². The van der Waals surface area contributed by atoms with Crippen molar-refractivity contribution in [3.63, 3.8) is 0 Å². The van der Waals surface area contributed by atoms with Gasteiger partial charge in [0.05, 0.1) is 6.20 Å². The van der Waals surface area contributed by atoms with Crippen LogP contribution < -0.4 is 16.0 Å². The summed E-state index contributed by atoms with van der Waals surface area (Å²) in [4.78, 5) is 11.8. The van der Waals surface area contributed by atoms with E-state index in [1.54, 1.807) is 12.4 Å². The third-order valence-electron chi connectivity index (χ3n) is 3.16. The van der Waals surface area contributed by atoms with E-state index in [0.29, 0.717) is 6.54 Å². The van der Waals surface area contributed by atoms with Crippen molar-refractivity contribution in [3.05, 3.63) is 47.8 Å². The summed E-state index contributed by atoms with van der Waals surface area (Å²) >= 11 is 0. The van der Waals surface area contributed by atoms with Crippen molar-refractivity contribution in [2.24, 2.45) is 0 Å². The van der Waals surface area contributed by atoms with Crippen molar-refractivity contribution in [2.75, 3.05) is 11.9 Å². The van der Waals surface area contributed by atoms with Gasteiger partial charge in [-0.3, -0.25) is 5.10 Å². The molecular weight excluding hydrogens is 266 g/mol. The fourth-order valence-corrected chi connectivity index (χ4v) is 2.04. The first-order valence-electron chi connectivity index (χ1n) is 7.05. The van der Waals surface area contributed by atoms with Gasteiger partial charge in [0.25, 0.3) is 0 Å². The average Bonchev–Trinajstić information content (AvgIpc) is 2.99. The Kier molecular flexibility index (Phi) is 5.34. The number of rotatable bonds is 6. The lowest BCUT2D eigenvalue weighted by molar-refractivity contribution is 0.251. The summed E-state index contributed by atoms with van der Waals surface area (Å²) in [7, 11) is 0. The molecule has 1 aromatic carbocycles. The van der Waals surface area contributed by atoms with Gasteiger partial charge in [-0.1, -0.05) is 19.1 Å². The molecule has 1 atom stereocenters. The van der Waals surface area contributed by atoms with Crippen LogP contribution in [0.25, 0.3) is 0 Å². The molecule has 0 radical (unpaired) electrons. The summed E-state index contributed by atoms with van der Waals surface area (Å²) in [5.74, 6) is 0. The first-order valence-corrected chi connectivity index (χ1v) is 7.05. The van der Waals surface area contributed by atoms with Gasteiger partial charge in [0.2, 0.25) is 0 Å². The van der Waals surface area contributed by atoms with Crippen LogP contribution in [0.2, 0.25) is 0 Å². The monoisotopic (exact) mass is 287 g/mol. The fraction of sp³-hybridized carbons (Fsp3) is 0.333. The number of aromatic amines is 1. The van der Waals surface area contributed by atoms with E-state index in [-0.39, 0.29) is 12.1 Å². The first-order chi connectivity index (χ1) is 10.2. The molecular formula is C15H21N5O. The summed E-state index contributed by atoms with van der Waals surface area (Å²) in [6, 6.07) is 7.86. The van der Waals surface area contributed by atoms with Gasteiger partial charge in [-0.2, -0.15) is 5.10 Å². The van der Waals surface area contributed by atoms with Crippen molar-refractivity contribution in [3.8, 4) is 0 Å². The van der Waals surface area contributed by atoms with Gasteiger partial charge < -0.3 is 16.0 Å². The molecule has 2 amide bonds. The second kappa shape index (κ2) is 7.44. The predicted molar refractivity (Wildman–Crippen MR) is 83.0 cm³/mol. The van der Waals surface area contributed by atoms with Crippen LogP contribution in [-0.2, 0) is 6.54 Å². The number of urea groups is 1. The number of H-pyrrole nitrogens is 1. The molecule has 0 aliphatic carbocycles.